The summed E-state index contributed by atoms with van der Waals surface area (Å²) in [5, 5.41) is 13.3. The fourth-order valence-corrected chi connectivity index (χ4v) is 2.59. The van der Waals surface area contributed by atoms with Gasteiger partial charge in [0, 0.05) is 13.1 Å². The monoisotopic (exact) mass is 296 g/mol. The van der Waals surface area contributed by atoms with E-state index in [4.69, 9.17) is 11.6 Å². The minimum Gasteiger partial charge on any atom is -0.390 e. The fourth-order valence-electron chi connectivity index (χ4n) is 2.31. The van der Waals surface area contributed by atoms with Gasteiger partial charge in [0.15, 0.2) is 0 Å². The van der Waals surface area contributed by atoms with Crippen molar-refractivity contribution >= 4 is 23.2 Å². The van der Waals surface area contributed by atoms with Gasteiger partial charge in [-0.3, -0.25) is 9.69 Å². The van der Waals surface area contributed by atoms with Gasteiger partial charge >= 0.3 is 0 Å². The second-order valence-corrected chi connectivity index (χ2v) is 6.21. The second-order valence-electron chi connectivity index (χ2n) is 5.80. The molecular formula is C15H21ClN2O2. The first-order chi connectivity index (χ1) is 9.35. The number of nitrogens with one attached hydrogen (secondary N) is 1. The SMILES string of the molecule is Cc1ccc(NC(=O)CN2CCC(C)(O)CC2)c(Cl)c1. The van der Waals surface area contributed by atoms with Gasteiger partial charge in [-0.05, 0) is 44.4 Å². The summed E-state index contributed by atoms with van der Waals surface area (Å²) in [5.74, 6) is -0.0719. The molecule has 2 N–H and O–H groups in total. The number of halogens is 1. The quantitative estimate of drug-likeness (QED) is 0.901. The lowest BCUT2D eigenvalue weighted by Gasteiger charge is -2.35. The molecule has 110 valence electrons. The minimum absolute atomic E-state index is 0.0719. The van der Waals surface area contributed by atoms with Crippen LogP contribution < -0.4 is 5.32 Å². The van der Waals surface area contributed by atoms with Crippen molar-refractivity contribution in [3.8, 4) is 0 Å². The van der Waals surface area contributed by atoms with Gasteiger partial charge in [0.25, 0.3) is 0 Å². The molecule has 0 aliphatic carbocycles. The van der Waals surface area contributed by atoms with E-state index in [1.54, 1.807) is 0 Å². The number of hydrogen-bond acceptors (Lipinski definition) is 3. The highest BCUT2D eigenvalue weighted by Crippen LogP contribution is 2.23. The summed E-state index contributed by atoms with van der Waals surface area (Å²) in [5.41, 5.74) is 1.12. The third-order valence-corrected chi connectivity index (χ3v) is 4.01. The summed E-state index contributed by atoms with van der Waals surface area (Å²) in [6.45, 7) is 5.61. The van der Waals surface area contributed by atoms with Crippen molar-refractivity contribution < 1.29 is 9.90 Å². The second kappa shape index (κ2) is 6.12. The van der Waals surface area contributed by atoms with E-state index >= 15 is 0 Å². The first-order valence-electron chi connectivity index (χ1n) is 6.86. The van der Waals surface area contributed by atoms with Crippen LogP contribution in [0.1, 0.15) is 25.3 Å². The molecule has 0 atom stereocenters. The van der Waals surface area contributed by atoms with Crippen molar-refractivity contribution in [1.29, 1.82) is 0 Å². The fraction of sp³-hybridized carbons (Fsp3) is 0.533. The lowest BCUT2D eigenvalue weighted by Crippen LogP contribution is -2.45. The Kier molecular flexibility index (Phi) is 4.68. The van der Waals surface area contributed by atoms with Crippen LogP contribution in [0.15, 0.2) is 18.2 Å². The molecule has 4 nitrogen and oxygen atoms in total. The number of likely N-dealkylation sites (tertiary alicyclic amines) is 1. The van der Waals surface area contributed by atoms with E-state index in [1.165, 1.54) is 0 Å². The molecule has 1 aliphatic rings. The Hall–Kier alpha value is -1.10. The number of carbonyl (C=O) groups excluding carboxylic acids is 1. The first kappa shape index (κ1) is 15.3. The third kappa shape index (κ3) is 4.20. The highest BCUT2D eigenvalue weighted by atomic mass is 35.5. The summed E-state index contributed by atoms with van der Waals surface area (Å²) < 4.78 is 0. The average molecular weight is 297 g/mol. The van der Waals surface area contributed by atoms with Crippen molar-refractivity contribution in [1.82, 2.24) is 4.90 Å². The molecule has 1 aliphatic heterocycles. The van der Waals surface area contributed by atoms with Crippen molar-refractivity contribution in [2.24, 2.45) is 0 Å². The standard InChI is InChI=1S/C15H21ClN2O2/c1-11-3-4-13(12(16)9-11)17-14(19)10-18-7-5-15(2,20)6-8-18/h3-4,9,20H,5-8,10H2,1-2H3,(H,17,19). The summed E-state index contributed by atoms with van der Waals surface area (Å²) in [6.07, 6.45) is 1.40. The maximum Gasteiger partial charge on any atom is 0.238 e. The Labute approximate surface area is 124 Å². The highest BCUT2D eigenvalue weighted by Gasteiger charge is 2.28. The van der Waals surface area contributed by atoms with Gasteiger partial charge in [0.2, 0.25) is 5.91 Å². The number of benzene rings is 1. The van der Waals surface area contributed by atoms with Crippen molar-refractivity contribution in [3.63, 3.8) is 0 Å². The van der Waals surface area contributed by atoms with E-state index < -0.39 is 5.60 Å². The number of amides is 1. The van der Waals surface area contributed by atoms with Crippen LogP contribution in [0.25, 0.3) is 0 Å². The van der Waals surface area contributed by atoms with E-state index in [1.807, 2.05) is 32.0 Å². The zero-order chi connectivity index (χ0) is 14.8. The molecule has 0 radical (unpaired) electrons. The maximum absolute atomic E-state index is 12.0. The average Bonchev–Trinajstić information content (AvgIpc) is 2.35. The molecule has 0 aromatic heterocycles. The van der Waals surface area contributed by atoms with Gasteiger partial charge < -0.3 is 10.4 Å². The topological polar surface area (TPSA) is 52.6 Å². The lowest BCUT2D eigenvalue weighted by molar-refractivity contribution is -0.118. The van der Waals surface area contributed by atoms with E-state index in [0.717, 1.165) is 18.7 Å². The van der Waals surface area contributed by atoms with E-state index in [-0.39, 0.29) is 5.91 Å². The van der Waals surface area contributed by atoms with E-state index in [9.17, 15) is 9.90 Å². The zero-order valence-corrected chi connectivity index (χ0v) is 12.7. The highest BCUT2D eigenvalue weighted by molar-refractivity contribution is 6.33. The van der Waals surface area contributed by atoms with Crippen molar-refractivity contribution in [3.05, 3.63) is 28.8 Å². The number of piperidine rings is 1. The zero-order valence-electron chi connectivity index (χ0n) is 11.9. The summed E-state index contributed by atoms with van der Waals surface area (Å²) in [6, 6.07) is 5.56. The molecule has 1 saturated heterocycles. The van der Waals surface area contributed by atoms with Crippen LogP contribution in [0.2, 0.25) is 5.02 Å². The van der Waals surface area contributed by atoms with E-state index in [2.05, 4.69) is 10.2 Å². The Bertz CT molecular complexity index is 493. The molecule has 1 fully saturated rings. The summed E-state index contributed by atoms with van der Waals surface area (Å²) in [7, 11) is 0. The smallest absolute Gasteiger partial charge is 0.238 e. The molecule has 0 saturated carbocycles. The number of rotatable bonds is 3. The predicted molar refractivity (Wildman–Crippen MR) is 81.1 cm³/mol. The molecule has 0 spiro atoms. The molecule has 1 aromatic rings. The normalized spacial score (nSPS) is 18.8. The Morgan fingerprint density at radius 1 is 1.45 bits per heavy atom. The van der Waals surface area contributed by atoms with Crippen LogP contribution in [0.4, 0.5) is 5.69 Å². The maximum atomic E-state index is 12.0. The number of aryl methyl sites for hydroxylation is 1. The summed E-state index contributed by atoms with van der Waals surface area (Å²) >= 11 is 6.09. The molecule has 1 aromatic carbocycles. The van der Waals surface area contributed by atoms with Gasteiger partial charge in [-0.25, -0.2) is 0 Å². The molecule has 2 rings (SSSR count). The molecular weight excluding hydrogens is 276 g/mol. The van der Waals surface area contributed by atoms with Crippen molar-refractivity contribution in [2.75, 3.05) is 25.0 Å². The number of aliphatic hydroxyl groups is 1. The van der Waals surface area contributed by atoms with Crippen LogP contribution in [0.5, 0.6) is 0 Å². The van der Waals surface area contributed by atoms with Gasteiger partial charge in [0.05, 0.1) is 22.9 Å². The third-order valence-electron chi connectivity index (χ3n) is 3.70. The molecule has 5 heteroatoms. The lowest BCUT2D eigenvalue weighted by atomic mass is 9.94. The van der Waals surface area contributed by atoms with Gasteiger partial charge in [-0.1, -0.05) is 17.7 Å². The number of carbonyl (C=O) groups is 1. The van der Waals surface area contributed by atoms with Crippen LogP contribution in [0, 0.1) is 6.92 Å². The first-order valence-corrected chi connectivity index (χ1v) is 7.24. The summed E-state index contributed by atoms with van der Waals surface area (Å²) in [4.78, 5) is 14.1. The molecule has 0 unspecified atom stereocenters. The van der Waals surface area contributed by atoms with Crippen LogP contribution >= 0.6 is 11.6 Å². The van der Waals surface area contributed by atoms with E-state index in [0.29, 0.717) is 30.1 Å². The molecule has 20 heavy (non-hydrogen) atoms. The van der Waals surface area contributed by atoms with Crippen LogP contribution in [-0.4, -0.2) is 41.1 Å². The number of hydrogen-bond donors (Lipinski definition) is 2. The number of nitrogens with zero attached hydrogens (tertiary/aromatic N) is 1. The Morgan fingerprint density at radius 2 is 2.10 bits per heavy atom. The van der Waals surface area contributed by atoms with Gasteiger partial charge in [-0.2, -0.15) is 0 Å². The van der Waals surface area contributed by atoms with Gasteiger partial charge in [0.1, 0.15) is 0 Å². The number of anilines is 1. The Balaban J connectivity index is 1.87. The Morgan fingerprint density at radius 3 is 2.70 bits per heavy atom. The minimum atomic E-state index is -0.590. The molecule has 1 heterocycles. The largest absolute Gasteiger partial charge is 0.390 e. The predicted octanol–water partition coefficient (Wildman–Crippen LogP) is 2.43. The van der Waals surface area contributed by atoms with Crippen LogP contribution in [0.3, 0.4) is 0 Å². The molecule has 0 bridgehead atoms. The van der Waals surface area contributed by atoms with Gasteiger partial charge in [-0.15, -0.1) is 0 Å². The van der Waals surface area contributed by atoms with Crippen LogP contribution in [-0.2, 0) is 4.79 Å². The van der Waals surface area contributed by atoms with Crippen molar-refractivity contribution in [2.45, 2.75) is 32.3 Å². The molecule has 1 amide bonds.